The molecule has 3 N–H and O–H groups in total. The van der Waals surface area contributed by atoms with Gasteiger partial charge in [0.05, 0.1) is 6.33 Å². The average Bonchev–Trinajstić information content (AvgIpc) is 3.66. The molecule has 0 spiro atoms. The van der Waals surface area contributed by atoms with E-state index in [2.05, 4.69) is 20.6 Å². The minimum Gasteiger partial charge on any atom is -0.489 e. The standard InChI is InChI=1S/C39H41N5O5/c1-44(38(46)35(24-33-25-40-28-42-33)43-39(47)49-27-32-15-9-4-10-16-32)36(37(45)41-22-21-29-11-5-2-6-12-29)23-30-17-19-34(20-18-30)48-26-31-13-7-3-8-14-31/h2-20,25,28,35-36H,21-24,26-27H2,1H3,(H,40,42)(H,41,45)(H,43,47)/t35-,36+/m0/s1. The second-order valence-electron chi connectivity index (χ2n) is 11.7. The Bertz CT molecular complexity index is 1730. The number of alkyl carbamates (subject to hydrolysis) is 1. The fraction of sp³-hybridized carbons (Fsp3) is 0.231. The number of amides is 3. The first kappa shape index (κ1) is 34.4. The largest absolute Gasteiger partial charge is 0.489 e. The van der Waals surface area contributed by atoms with Crippen LogP contribution in [0.5, 0.6) is 5.75 Å². The molecule has 1 aromatic heterocycles. The van der Waals surface area contributed by atoms with Crippen LogP contribution in [0.3, 0.4) is 0 Å². The van der Waals surface area contributed by atoms with Gasteiger partial charge in [-0.2, -0.15) is 0 Å². The highest BCUT2D eigenvalue weighted by molar-refractivity contribution is 5.91. The lowest BCUT2D eigenvalue weighted by Crippen LogP contribution is -2.56. The summed E-state index contributed by atoms with van der Waals surface area (Å²) in [5.74, 6) is -0.0563. The first-order valence-electron chi connectivity index (χ1n) is 16.2. The number of hydrogen-bond acceptors (Lipinski definition) is 6. The van der Waals surface area contributed by atoms with Crippen LogP contribution in [-0.4, -0.2) is 58.5 Å². The monoisotopic (exact) mass is 659 g/mol. The molecular weight excluding hydrogens is 618 g/mol. The van der Waals surface area contributed by atoms with Crippen LogP contribution < -0.4 is 15.4 Å². The summed E-state index contributed by atoms with van der Waals surface area (Å²) in [5, 5.41) is 5.73. The van der Waals surface area contributed by atoms with Crippen LogP contribution in [0.2, 0.25) is 0 Å². The summed E-state index contributed by atoms with van der Waals surface area (Å²) in [7, 11) is 1.58. The molecule has 5 aromatic rings. The van der Waals surface area contributed by atoms with Gasteiger partial charge < -0.3 is 30.0 Å². The lowest BCUT2D eigenvalue weighted by Gasteiger charge is -2.31. The molecule has 0 aliphatic carbocycles. The molecule has 10 heteroatoms. The van der Waals surface area contributed by atoms with Crippen molar-refractivity contribution >= 4 is 17.9 Å². The third-order valence-corrected chi connectivity index (χ3v) is 8.06. The number of carbonyl (C=O) groups is 3. The van der Waals surface area contributed by atoms with Gasteiger partial charge in [0.2, 0.25) is 11.8 Å². The number of aromatic nitrogens is 2. The maximum absolute atomic E-state index is 14.1. The number of nitrogens with one attached hydrogen (secondary N) is 3. The Balaban J connectivity index is 1.29. The second kappa shape index (κ2) is 17.9. The summed E-state index contributed by atoms with van der Waals surface area (Å²) in [5.41, 5.74) is 4.45. The van der Waals surface area contributed by atoms with Gasteiger partial charge >= 0.3 is 6.09 Å². The maximum atomic E-state index is 14.1. The van der Waals surface area contributed by atoms with E-state index in [1.54, 1.807) is 13.2 Å². The molecule has 3 amide bonds. The van der Waals surface area contributed by atoms with Crippen molar-refractivity contribution in [2.24, 2.45) is 0 Å². The Kier molecular flexibility index (Phi) is 12.6. The zero-order valence-electron chi connectivity index (χ0n) is 27.5. The number of H-pyrrole nitrogens is 1. The smallest absolute Gasteiger partial charge is 0.408 e. The van der Waals surface area contributed by atoms with Gasteiger partial charge in [0.15, 0.2) is 0 Å². The van der Waals surface area contributed by atoms with Gasteiger partial charge in [0.1, 0.15) is 31.0 Å². The van der Waals surface area contributed by atoms with Crippen LogP contribution in [0.1, 0.15) is 27.9 Å². The normalized spacial score (nSPS) is 11.9. The number of hydrogen-bond donors (Lipinski definition) is 3. The van der Waals surface area contributed by atoms with Crippen molar-refractivity contribution < 1.29 is 23.9 Å². The highest BCUT2D eigenvalue weighted by atomic mass is 16.5. The van der Waals surface area contributed by atoms with Crippen LogP contribution in [0.4, 0.5) is 4.79 Å². The van der Waals surface area contributed by atoms with E-state index in [1.807, 2.05) is 115 Å². The first-order valence-corrected chi connectivity index (χ1v) is 16.2. The van der Waals surface area contributed by atoms with Gasteiger partial charge in [0.25, 0.3) is 0 Å². The molecule has 4 aromatic carbocycles. The Morgan fingerprint density at radius 3 is 1.98 bits per heavy atom. The first-order chi connectivity index (χ1) is 23.9. The molecule has 49 heavy (non-hydrogen) atoms. The minimum atomic E-state index is -1.03. The van der Waals surface area contributed by atoms with E-state index >= 15 is 0 Å². The number of benzene rings is 4. The van der Waals surface area contributed by atoms with Gasteiger partial charge in [-0.25, -0.2) is 9.78 Å². The molecule has 0 fully saturated rings. The highest BCUT2D eigenvalue weighted by Gasteiger charge is 2.33. The Morgan fingerprint density at radius 2 is 1.37 bits per heavy atom. The highest BCUT2D eigenvalue weighted by Crippen LogP contribution is 2.18. The Labute approximate surface area is 286 Å². The van der Waals surface area contributed by atoms with Crippen molar-refractivity contribution in [3.8, 4) is 5.75 Å². The van der Waals surface area contributed by atoms with Gasteiger partial charge in [-0.05, 0) is 40.8 Å². The van der Waals surface area contributed by atoms with Crippen molar-refractivity contribution in [1.29, 1.82) is 0 Å². The molecule has 0 saturated heterocycles. The average molecular weight is 660 g/mol. The van der Waals surface area contributed by atoms with Crippen molar-refractivity contribution in [1.82, 2.24) is 25.5 Å². The van der Waals surface area contributed by atoms with Crippen LogP contribution in [0.15, 0.2) is 128 Å². The number of imidazole rings is 1. The molecule has 0 aliphatic rings. The fourth-order valence-electron chi connectivity index (χ4n) is 5.31. The zero-order chi connectivity index (χ0) is 34.3. The van der Waals surface area contributed by atoms with E-state index < -0.39 is 24.1 Å². The summed E-state index contributed by atoms with van der Waals surface area (Å²) >= 11 is 0. The molecule has 252 valence electrons. The third-order valence-electron chi connectivity index (χ3n) is 8.06. The molecule has 0 aliphatic heterocycles. The van der Waals surface area contributed by atoms with Gasteiger partial charge in [-0.1, -0.05) is 103 Å². The van der Waals surface area contributed by atoms with Gasteiger partial charge in [0, 0.05) is 38.3 Å². The van der Waals surface area contributed by atoms with Crippen LogP contribution in [-0.2, 0) is 46.8 Å². The van der Waals surface area contributed by atoms with Gasteiger partial charge in [-0.15, -0.1) is 0 Å². The summed E-state index contributed by atoms with van der Waals surface area (Å²) in [4.78, 5) is 49.2. The van der Waals surface area contributed by atoms with Gasteiger partial charge in [-0.3, -0.25) is 9.59 Å². The molecule has 10 nitrogen and oxygen atoms in total. The lowest BCUT2D eigenvalue weighted by atomic mass is 10.0. The van der Waals surface area contributed by atoms with E-state index in [0.717, 1.165) is 22.3 Å². The summed E-state index contributed by atoms with van der Waals surface area (Å²) in [6.07, 6.45) is 3.36. The van der Waals surface area contributed by atoms with Crippen LogP contribution >= 0.6 is 0 Å². The van der Waals surface area contributed by atoms with E-state index in [0.29, 0.717) is 31.0 Å². The van der Waals surface area contributed by atoms with E-state index in [9.17, 15) is 14.4 Å². The number of likely N-dealkylation sites (N-methyl/N-ethyl adjacent to an activating group) is 1. The fourth-order valence-corrected chi connectivity index (χ4v) is 5.31. The molecule has 5 rings (SSSR count). The summed E-state index contributed by atoms with van der Waals surface area (Å²) in [6, 6.07) is 34.6. The van der Waals surface area contributed by atoms with E-state index in [4.69, 9.17) is 9.47 Å². The number of rotatable bonds is 16. The minimum absolute atomic E-state index is 0.0466. The Hall–Kier alpha value is -5.90. The number of aromatic amines is 1. The molecule has 2 atom stereocenters. The number of carbonyl (C=O) groups excluding carboxylic acids is 3. The predicted molar refractivity (Wildman–Crippen MR) is 186 cm³/mol. The van der Waals surface area contributed by atoms with Crippen molar-refractivity contribution in [3.63, 3.8) is 0 Å². The van der Waals surface area contributed by atoms with Crippen molar-refractivity contribution in [2.45, 2.75) is 44.6 Å². The molecule has 0 radical (unpaired) electrons. The topological polar surface area (TPSA) is 126 Å². The Morgan fingerprint density at radius 1 is 0.755 bits per heavy atom. The molecule has 0 saturated carbocycles. The SMILES string of the molecule is CN(C(=O)[C@H](Cc1cnc[nH]1)NC(=O)OCc1ccccc1)[C@H](Cc1ccc(OCc2ccccc2)cc1)C(=O)NCCc1ccccc1. The van der Waals surface area contributed by atoms with Crippen LogP contribution in [0, 0.1) is 0 Å². The maximum Gasteiger partial charge on any atom is 0.408 e. The van der Waals surface area contributed by atoms with E-state index in [-0.39, 0.29) is 25.4 Å². The molecule has 0 unspecified atom stereocenters. The van der Waals surface area contributed by atoms with Crippen LogP contribution in [0.25, 0.3) is 0 Å². The predicted octanol–water partition coefficient (Wildman–Crippen LogP) is 5.25. The number of ether oxygens (including phenoxy) is 2. The number of nitrogens with zero attached hydrogens (tertiary/aromatic N) is 2. The van der Waals surface area contributed by atoms with Crippen molar-refractivity contribution in [2.75, 3.05) is 13.6 Å². The molecular formula is C39H41N5O5. The quantitative estimate of drug-likeness (QED) is 0.133. The molecule has 0 bridgehead atoms. The van der Waals surface area contributed by atoms with Crippen molar-refractivity contribution in [3.05, 3.63) is 156 Å². The third kappa shape index (κ3) is 10.8. The summed E-state index contributed by atoms with van der Waals surface area (Å²) in [6.45, 7) is 0.878. The van der Waals surface area contributed by atoms with E-state index in [1.165, 1.54) is 11.2 Å². The lowest BCUT2D eigenvalue weighted by molar-refractivity contribution is -0.140. The second-order valence-corrected chi connectivity index (χ2v) is 11.7. The zero-order valence-corrected chi connectivity index (χ0v) is 27.5. The summed E-state index contributed by atoms with van der Waals surface area (Å²) < 4.78 is 11.4. The molecule has 1 heterocycles.